The summed E-state index contributed by atoms with van der Waals surface area (Å²) < 4.78 is 28.2. The zero-order valence-electron chi connectivity index (χ0n) is 17.2. The van der Waals surface area contributed by atoms with Crippen molar-refractivity contribution in [2.45, 2.75) is 82.1 Å². The summed E-state index contributed by atoms with van der Waals surface area (Å²) in [5.74, 6) is -0.108. The van der Waals surface area contributed by atoms with Crippen molar-refractivity contribution in [2.75, 3.05) is 11.9 Å². The predicted molar refractivity (Wildman–Crippen MR) is 115 cm³/mol. The van der Waals surface area contributed by atoms with Gasteiger partial charge >= 0.3 is 0 Å². The van der Waals surface area contributed by atoms with E-state index in [0.29, 0.717) is 5.69 Å². The van der Waals surface area contributed by atoms with E-state index in [1.54, 1.807) is 37.4 Å². The third-order valence-electron chi connectivity index (χ3n) is 5.28. The second kappa shape index (κ2) is 11.4. The molecule has 1 N–H and O–H groups in total. The van der Waals surface area contributed by atoms with Crippen LogP contribution in [0.25, 0.3) is 0 Å². The first-order valence-electron chi connectivity index (χ1n) is 10.5. The Hall–Kier alpha value is -1.66. The predicted octanol–water partition coefficient (Wildman–Crippen LogP) is 4.79. The summed E-state index contributed by atoms with van der Waals surface area (Å²) in [4.78, 5) is 14.0. The third kappa shape index (κ3) is 7.06. The minimum atomic E-state index is -3.53. The van der Waals surface area contributed by atoms with E-state index >= 15 is 0 Å². The van der Waals surface area contributed by atoms with Crippen molar-refractivity contribution in [3.05, 3.63) is 36.4 Å². The lowest BCUT2D eigenvalue weighted by atomic mass is 10.1. The summed E-state index contributed by atoms with van der Waals surface area (Å²) in [6, 6.07) is 6.54. The van der Waals surface area contributed by atoms with Crippen LogP contribution < -0.4 is 9.62 Å². The molecule has 156 valence electrons. The molecule has 0 aliphatic heterocycles. The van der Waals surface area contributed by atoms with Crippen LogP contribution in [-0.2, 0) is 14.8 Å². The van der Waals surface area contributed by atoms with E-state index < -0.39 is 10.0 Å². The lowest BCUT2D eigenvalue weighted by molar-refractivity contribution is -0.113. The smallest absolute Gasteiger partial charge is 0.250 e. The van der Waals surface area contributed by atoms with Gasteiger partial charge in [0.05, 0.1) is 4.90 Å². The molecule has 1 aliphatic rings. The van der Waals surface area contributed by atoms with E-state index in [0.717, 1.165) is 44.9 Å². The lowest BCUT2D eigenvalue weighted by Crippen LogP contribution is -2.34. The van der Waals surface area contributed by atoms with Gasteiger partial charge in [0.1, 0.15) is 0 Å². The number of benzene rings is 1. The zero-order valence-corrected chi connectivity index (χ0v) is 18.0. The number of amides is 1. The highest BCUT2D eigenvalue weighted by molar-refractivity contribution is 7.89. The molecule has 5 nitrogen and oxygen atoms in total. The molecule has 0 heterocycles. The molecule has 0 spiro atoms. The maximum Gasteiger partial charge on any atom is 0.250 e. The van der Waals surface area contributed by atoms with E-state index in [1.807, 2.05) is 6.08 Å². The van der Waals surface area contributed by atoms with Gasteiger partial charge in [-0.05, 0) is 56.0 Å². The maximum absolute atomic E-state index is 12.7. The molecule has 1 aromatic carbocycles. The molecule has 1 amide bonds. The number of likely N-dealkylation sites (N-methyl/N-ethyl adjacent to an activating group) is 1. The summed E-state index contributed by atoms with van der Waals surface area (Å²) in [6.45, 7) is 2.15. The van der Waals surface area contributed by atoms with Crippen molar-refractivity contribution in [1.82, 2.24) is 4.72 Å². The number of hydrogen-bond acceptors (Lipinski definition) is 3. The number of carbonyl (C=O) groups is 1. The van der Waals surface area contributed by atoms with Gasteiger partial charge in [-0.25, -0.2) is 13.1 Å². The van der Waals surface area contributed by atoms with E-state index in [2.05, 4.69) is 11.6 Å². The Labute approximate surface area is 170 Å². The van der Waals surface area contributed by atoms with Crippen LogP contribution in [0.1, 0.15) is 71.1 Å². The molecule has 1 fully saturated rings. The van der Waals surface area contributed by atoms with Gasteiger partial charge in [-0.15, -0.1) is 0 Å². The molecule has 0 saturated heterocycles. The molecule has 0 aromatic heterocycles. The van der Waals surface area contributed by atoms with Gasteiger partial charge in [0.2, 0.25) is 15.9 Å². The Morgan fingerprint density at radius 1 is 1.11 bits per heavy atom. The van der Waals surface area contributed by atoms with E-state index in [9.17, 15) is 13.2 Å². The number of nitrogens with zero attached hydrogens (tertiary/aromatic N) is 1. The first kappa shape index (κ1) is 22.6. The minimum absolute atomic E-state index is 0.0225. The van der Waals surface area contributed by atoms with Crippen LogP contribution in [0, 0.1) is 0 Å². The molecule has 1 aliphatic carbocycles. The van der Waals surface area contributed by atoms with Crippen LogP contribution >= 0.6 is 0 Å². The average molecular weight is 407 g/mol. The Bertz CT molecular complexity index is 734. The fourth-order valence-corrected chi connectivity index (χ4v) is 4.77. The minimum Gasteiger partial charge on any atom is -0.312 e. The second-order valence-corrected chi connectivity index (χ2v) is 9.31. The molecule has 1 aromatic rings. The monoisotopic (exact) mass is 406 g/mol. The number of nitrogens with one attached hydrogen (secondary N) is 1. The van der Waals surface area contributed by atoms with Gasteiger partial charge < -0.3 is 4.90 Å². The van der Waals surface area contributed by atoms with E-state index in [4.69, 9.17) is 0 Å². The van der Waals surface area contributed by atoms with Crippen molar-refractivity contribution >= 4 is 21.6 Å². The number of carbonyl (C=O) groups excluding carboxylic acids is 1. The van der Waals surface area contributed by atoms with Crippen molar-refractivity contribution in [3.63, 3.8) is 0 Å². The topological polar surface area (TPSA) is 66.5 Å². The molecule has 0 radical (unpaired) electrons. The molecule has 0 atom stereocenters. The number of hydrogen-bond donors (Lipinski definition) is 1. The first-order chi connectivity index (χ1) is 13.4. The zero-order chi connectivity index (χ0) is 20.4. The van der Waals surface area contributed by atoms with E-state index in [-0.39, 0.29) is 16.8 Å². The lowest BCUT2D eigenvalue weighted by Gasteiger charge is -2.18. The molecule has 0 unspecified atom stereocenters. The Balaban J connectivity index is 1.96. The molecule has 0 bridgehead atoms. The fraction of sp³-hybridized carbons (Fsp3) is 0.591. The number of unbranched alkanes of at least 4 members (excludes halogenated alkanes) is 3. The largest absolute Gasteiger partial charge is 0.312 e. The molecule has 28 heavy (non-hydrogen) atoms. The third-order valence-corrected chi connectivity index (χ3v) is 6.81. The fourth-order valence-electron chi connectivity index (χ4n) is 3.47. The molecule has 2 rings (SSSR count). The summed E-state index contributed by atoms with van der Waals surface area (Å²) in [5, 5.41) is 0. The highest BCUT2D eigenvalue weighted by Crippen LogP contribution is 2.21. The maximum atomic E-state index is 12.7. The highest BCUT2D eigenvalue weighted by atomic mass is 32.2. The summed E-state index contributed by atoms with van der Waals surface area (Å²) in [5.41, 5.74) is 0.677. The van der Waals surface area contributed by atoms with Crippen LogP contribution in [-0.4, -0.2) is 27.4 Å². The van der Waals surface area contributed by atoms with Crippen LogP contribution in [0.2, 0.25) is 0 Å². The van der Waals surface area contributed by atoms with Crippen LogP contribution in [0.15, 0.2) is 41.3 Å². The Morgan fingerprint density at radius 3 is 2.36 bits per heavy atom. The van der Waals surface area contributed by atoms with Gasteiger partial charge in [-0.3, -0.25) is 4.79 Å². The van der Waals surface area contributed by atoms with E-state index in [1.165, 1.54) is 24.2 Å². The van der Waals surface area contributed by atoms with Crippen LogP contribution in [0.5, 0.6) is 0 Å². The molecule has 1 saturated carbocycles. The molecular formula is C22H34N2O3S. The summed E-state index contributed by atoms with van der Waals surface area (Å²) >= 11 is 0. The van der Waals surface area contributed by atoms with Crippen molar-refractivity contribution in [2.24, 2.45) is 0 Å². The van der Waals surface area contributed by atoms with Gasteiger partial charge in [-0.2, -0.15) is 0 Å². The van der Waals surface area contributed by atoms with Gasteiger partial charge in [0.25, 0.3) is 0 Å². The Kier molecular flexibility index (Phi) is 9.19. The van der Waals surface area contributed by atoms with Crippen LogP contribution in [0.4, 0.5) is 5.69 Å². The Morgan fingerprint density at radius 2 is 1.75 bits per heavy atom. The van der Waals surface area contributed by atoms with Gasteiger partial charge in [0, 0.05) is 18.8 Å². The van der Waals surface area contributed by atoms with Crippen molar-refractivity contribution in [1.29, 1.82) is 0 Å². The van der Waals surface area contributed by atoms with Crippen molar-refractivity contribution in [3.8, 4) is 0 Å². The van der Waals surface area contributed by atoms with Gasteiger partial charge in [-0.1, -0.05) is 51.5 Å². The van der Waals surface area contributed by atoms with Crippen molar-refractivity contribution < 1.29 is 13.2 Å². The first-order valence-corrected chi connectivity index (χ1v) is 12.0. The number of sulfonamides is 1. The van der Waals surface area contributed by atoms with Crippen LogP contribution in [0.3, 0.4) is 0 Å². The number of allylic oxidation sites excluding steroid dienone is 1. The number of rotatable bonds is 9. The number of anilines is 1. The molecular weight excluding hydrogens is 372 g/mol. The highest BCUT2D eigenvalue weighted by Gasteiger charge is 2.21. The average Bonchev–Trinajstić information content (AvgIpc) is 2.95. The second-order valence-electron chi connectivity index (χ2n) is 7.60. The SMILES string of the molecule is CCCCCC=CC(=O)N(C)c1ccc(S(=O)(=O)NC2CCCCCC2)cc1. The normalized spacial score (nSPS) is 16.2. The standard InChI is InChI=1S/C22H34N2O3S/c1-3-4-5-6-11-14-22(25)24(2)20-15-17-21(18-16-20)28(26,27)23-19-12-9-7-8-10-13-19/h11,14-19,23H,3-10,12-13H2,1-2H3. The summed E-state index contributed by atoms with van der Waals surface area (Å²) in [6.07, 6.45) is 14.1. The summed E-state index contributed by atoms with van der Waals surface area (Å²) in [7, 11) is -1.83. The van der Waals surface area contributed by atoms with Gasteiger partial charge in [0.15, 0.2) is 0 Å². The molecule has 6 heteroatoms. The quantitative estimate of drug-likeness (QED) is 0.364.